The van der Waals surface area contributed by atoms with Crippen molar-refractivity contribution in [2.45, 2.75) is 38.1 Å². The van der Waals surface area contributed by atoms with Crippen LogP contribution in [0.1, 0.15) is 36.5 Å². The number of rotatable bonds is 4. The van der Waals surface area contributed by atoms with E-state index in [4.69, 9.17) is 4.74 Å². The maximum Gasteiger partial charge on any atom is 0.311 e. The van der Waals surface area contributed by atoms with Crippen LogP contribution in [0.3, 0.4) is 0 Å². The number of ether oxygens (including phenoxy) is 1. The fourth-order valence-corrected chi connectivity index (χ4v) is 4.99. The number of nitrogens with zero attached hydrogens (tertiary/aromatic N) is 1. The monoisotopic (exact) mass is 349 g/mol. The molecule has 26 heavy (non-hydrogen) atoms. The van der Waals surface area contributed by atoms with Crippen molar-refractivity contribution in [3.05, 3.63) is 71.3 Å². The average molecular weight is 349 g/mol. The predicted octanol–water partition coefficient (Wildman–Crippen LogP) is 3.96. The van der Waals surface area contributed by atoms with Crippen LogP contribution in [0, 0.1) is 5.92 Å². The van der Waals surface area contributed by atoms with Crippen LogP contribution in [-0.2, 0) is 27.9 Å². The molecule has 1 saturated heterocycles. The molecule has 136 valence electrons. The summed E-state index contributed by atoms with van der Waals surface area (Å²) in [6.07, 6.45) is 3.33. The lowest BCUT2D eigenvalue weighted by Gasteiger charge is -2.39. The molecule has 0 radical (unpaired) electrons. The predicted molar refractivity (Wildman–Crippen MR) is 103 cm³/mol. The number of esters is 1. The Morgan fingerprint density at radius 3 is 2.73 bits per heavy atom. The molecule has 0 unspecified atom stereocenters. The van der Waals surface area contributed by atoms with Gasteiger partial charge in [0.2, 0.25) is 0 Å². The van der Waals surface area contributed by atoms with Gasteiger partial charge in [0.25, 0.3) is 0 Å². The van der Waals surface area contributed by atoms with Crippen molar-refractivity contribution in [1.82, 2.24) is 4.90 Å². The first kappa shape index (κ1) is 17.3. The fraction of sp³-hybridized carbons (Fsp3) is 0.435. The topological polar surface area (TPSA) is 29.5 Å². The third kappa shape index (κ3) is 3.05. The van der Waals surface area contributed by atoms with E-state index in [0.717, 1.165) is 38.9 Å². The Hall–Kier alpha value is -2.13. The Balaban J connectivity index is 1.68. The number of likely N-dealkylation sites (tertiary alicyclic amines) is 1. The van der Waals surface area contributed by atoms with Gasteiger partial charge in [0, 0.05) is 25.0 Å². The van der Waals surface area contributed by atoms with Gasteiger partial charge in [-0.1, -0.05) is 54.6 Å². The molecule has 2 aromatic rings. The second-order valence-corrected chi connectivity index (χ2v) is 7.63. The number of hydrogen-bond acceptors (Lipinski definition) is 3. The highest BCUT2D eigenvalue weighted by atomic mass is 16.5. The molecule has 1 fully saturated rings. The van der Waals surface area contributed by atoms with Gasteiger partial charge < -0.3 is 4.74 Å². The Kier molecular flexibility index (Phi) is 4.82. The van der Waals surface area contributed by atoms with Gasteiger partial charge in [-0.2, -0.15) is 0 Å². The van der Waals surface area contributed by atoms with E-state index in [1.54, 1.807) is 0 Å². The number of carbonyl (C=O) groups is 1. The molecule has 1 aliphatic carbocycles. The molecule has 1 heterocycles. The van der Waals surface area contributed by atoms with Crippen molar-refractivity contribution in [3.8, 4) is 0 Å². The summed E-state index contributed by atoms with van der Waals surface area (Å²) in [5.41, 5.74) is 3.99. The molecule has 1 aliphatic heterocycles. The number of benzene rings is 2. The largest absolute Gasteiger partial charge is 0.466 e. The summed E-state index contributed by atoms with van der Waals surface area (Å²) in [4.78, 5) is 15.3. The quantitative estimate of drug-likeness (QED) is 0.783. The minimum Gasteiger partial charge on any atom is -0.466 e. The zero-order chi connectivity index (χ0) is 18.0. The Morgan fingerprint density at radius 1 is 1.15 bits per heavy atom. The molecular formula is C23H27NO2. The highest BCUT2D eigenvalue weighted by molar-refractivity contribution is 5.76. The molecule has 0 bridgehead atoms. The van der Waals surface area contributed by atoms with E-state index in [2.05, 4.69) is 53.4 Å². The van der Waals surface area contributed by atoms with Crippen LogP contribution in [0.15, 0.2) is 54.6 Å². The number of carbonyl (C=O) groups excluding carboxylic acids is 1. The van der Waals surface area contributed by atoms with E-state index >= 15 is 0 Å². The molecule has 3 heteroatoms. The first-order valence-electron chi connectivity index (χ1n) is 9.74. The van der Waals surface area contributed by atoms with Crippen molar-refractivity contribution < 1.29 is 9.53 Å². The molecule has 1 spiro atoms. The lowest BCUT2D eigenvalue weighted by atomic mass is 9.64. The van der Waals surface area contributed by atoms with Crippen LogP contribution in [0.2, 0.25) is 0 Å². The average Bonchev–Trinajstić information content (AvgIpc) is 3.02. The summed E-state index contributed by atoms with van der Waals surface area (Å²) in [7, 11) is 0. The third-order valence-corrected chi connectivity index (χ3v) is 6.06. The van der Waals surface area contributed by atoms with Crippen molar-refractivity contribution in [1.29, 1.82) is 0 Å². The highest BCUT2D eigenvalue weighted by Gasteiger charge is 2.53. The molecule has 3 nitrogen and oxygen atoms in total. The summed E-state index contributed by atoms with van der Waals surface area (Å²) in [5, 5.41) is 0. The van der Waals surface area contributed by atoms with Gasteiger partial charge in [0.05, 0.1) is 12.5 Å². The van der Waals surface area contributed by atoms with Gasteiger partial charge in [-0.25, -0.2) is 0 Å². The van der Waals surface area contributed by atoms with Gasteiger partial charge >= 0.3 is 5.97 Å². The summed E-state index contributed by atoms with van der Waals surface area (Å²) < 4.78 is 5.50. The van der Waals surface area contributed by atoms with Crippen molar-refractivity contribution in [3.63, 3.8) is 0 Å². The van der Waals surface area contributed by atoms with Crippen molar-refractivity contribution in [2.24, 2.45) is 5.92 Å². The van der Waals surface area contributed by atoms with Crippen molar-refractivity contribution >= 4 is 5.97 Å². The number of aryl methyl sites for hydroxylation is 1. The smallest absolute Gasteiger partial charge is 0.311 e. The molecule has 4 rings (SSSR count). The molecule has 2 atom stereocenters. The normalized spacial score (nSPS) is 25.2. The van der Waals surface area contributed by atoms with E-state index in [-0.39, 0.29) is 17.3 Å². The van der Waals surface area contributed by atoms with Crippen molar-refractivity contribution in [2.75, 3.05) is 19.7 Å². The Labute approximate surface area is 156 Å². The van der Waals surface area contributed by atoms with Crippen LogP contribution >= 0.6 is 0 Å². The van der Waals surface area contributed by atoms with Crippen LogP contribution in [-0.4, -0.2) is 30.6 Å². The van der Waals surface area contributed by atoms with Gasteiger partial charge in [-0.15, -0.1) is 0 Å². The summed E-state index contributed by atoms with van der Waals surface area (Å²) >= 11 is 0. The third-order valence-electron chi connectivity index (χ3n) is 6.06. The molecule has 2 aliphatic rings. The standard InChI is InChI=1S/C23H27NO2/c1-2-26-22(25)21-16-24(15-18-9-4-3-5-10-18)17-23(21)14-8-12-19-11-6-7-13-20(19)23/h3-7,9-11,13,21H,2,8,12,14-17H2,1H3/t21-,23-/m0/s1. The van der Waals surface area contributed by atoms with Gasteiger partial charge in [0.15, 0.2) is 0 Å². The first-order valence-corrected chi connectivity index (χ1v) is 9.74. The van der Waals surface area contributed by atoms with Crippen LogP contribution in [0.25, 0.3) is 0 Å². The summed E-state index contributed by atoms with van der Waals surface area (Å²) in [5.74, 6) is -0.104. The van der Waals surface area contributed by atoms with Crippen LogP contribution in [0.5, 0.6) is 0 Å². The number of fused-ring (bicyclic) bond motifs is 2. The van der Waals surface area contributed by atoms with E-state index in [1.807, 2.05) is 13.0 Å². The molecule has 0 N–H and O–H groups in total. The zero-order valence-corrected chi connectivity index (χ0v) is 15.5. The summed E-state index contributed by atoms with van der Waals surface area (Å²) in [6, 6.07) is 19.3. The van der Waals surface area contributed by atoms with Gasteiger partial charge in [0.1, 0.15) is 0 Å². The maximum absolute atomic E-state index is 12.9. The van der Waals surface area contributed by atoms with E-state index in [9.17, 15) is 4.79 Å². The lowest BCUT2D eigenvalue weighted by molar-refractivity contribution is -0.149. The fourth-order valence-electron chi connectivity index (χ4n) is 4.99. The highest BCUT2D eigenvalue weighted by Crippen LogP contribution is 2.48. The zero-order valence-electron chi connectivity index (χ0n) is 15.5. The van der Waals surface area contributed by atoms with E-state index in [1.165, 1.54) is 16.7 Å². The van der Waals surface area contributed by atoms with Gasteiger partial charge in [-0.05, 0) is 42.9 Å². The second-order valence-electron chi connectivity index (χ2n) is 7.63. The Bertz CT molecular complexity index is 773. The maximum atomic E-state index is 12.9. The van der Waals surface area contributed by atoms with Crippen LogP contribution < -0.4 is 0 Å². The first-order chi connectivity index (χ1) is 12.7. The lowest BCUT2D eigenvalue weighted by Crippen LogP contribution is -2.42. The second kappa shape index (κ2) is 7.24. The number of hydrogen-bond donors (Lipinski definition) is 0. The van der Waals surface area contributed by atoms with Gasteiger partial charge in [-0.3, -0.25) is 9.69 Å². The van der Waals surface area contributed by atoms with E-state index in [0.29, 0.717) is 6.61 Å². The summed E-state index contributed by atoms with van der Waals surface area (Å²) in [6.45, 7) is 4.95. The minimum absolute atomic E-state index is 0.0280. The molecule has 2 aromatic carbocycles. The molecule has 0 saturated carbocycles. The van der Waals surface area contributed by atoms with E-state index < -0.39 is 0 Å². The SMILES string of the molecule is CCOC(=O)[C@@H]1CN(Cc2ccccc2)C[C@]12CCCc1ccccc12. The molecular weight excluding hydrogens is 322 g/mol. The molecule has 0 amide bonds. The minimum atomic E-state index is -0.101. The molecule has 0 aromatic heterocycles. The Morgan fingerprint density at radius 2 is 1.92 bits per heavy atom. The van der Waals surface area contributed by atoms with Crippen LogP contribution in [0.4, 0.5) is 0 Å².